The van der Waals surface area contributed by atoms with Crippen molar-refractivity contribution in [3.63, 3.8) is 0 Å². The summed E-state index contributed by atoms with van der Waals surface area (Å²) in [4.78, 5) is 134. The Labute approximate surface area is 488 Å². The number of imidazole rings is 1. The van der Waals surface area contributed by atoms with Crippen molar-refractivity contribution in [3.8, 4) is 11.3 Å². The Hall–Kier alpha value is -8.34. The van der Waals surface area contributed by atoms with Crippen molar-refractivity contribution in [1.82, 2.24) is 45.9 Å². The molecular formula is C56H73F2N13O12S. The number of likely N-dealkylation sites (tertiary alicyclic amines) is 1. The van der Waals surface area contributed by atoms with Gasteiger partial charge in [0.15, 0.2) is 0 Å². The minimum Gasteiger partial charge on any atom is -0.480 e. The summed E-state index contributed by atoms with van der Waals surface area (Å²) in [5.74, 6) is -7.18. The summed E-state index contributed by atoms with van der Waals surface area (Å²) < 4.78 is 31.3. The fraction of sp³-hybridized carbons (Fsp3) is 0.446. The molecule has 0 spiro atoms. The quantitative estimate of drug-likeness (QED) is 0.0247. The molecule has 0 saturated carbocycles. The first-order valence-electron chi connectivity index (χ1n) is 27.0. The van der Waals surface area contributed by atoms with Gasteiger partial charge in [0, 0.05) is 75.3 Å². The zero-order valence-electron chi connectivity index (χ0n) is 47.0. The van der Waals surface area contributed by atoms with E-state index in [9.17, 15) is 57.4 Å². The number of carbonyl (C=O) groups excluding carboxylic acids is 9. The number of aliphatic carboxylic acids is 1. The molecule has 0 aliphatic carbocycles. The normalized spacial score (nSPS) is 15.0. The van der Waals surface area contributed by atoms with Gasteiger partial charge >= 0.3 is 12.0 Å². The number of nitrogens with one attached hydrogen (secondary N) is 6. The Kier molecular flexibility index (Phi) is 24.8. The second-order valence-electron chi connectivity index (χ2n) is 21.0. The zero-order chi connectivity index (χ0) is 61.8. The lowest BCUT2D eigenvalue weighted by atomic mass is 9.84. The number of halogens is 2. The molecule has 2 heterocycles. The Bertz CT molecular complexity index is 3000. The van der Waals surface area contributed by atoms with Crippen LogP contribution in [0.1, 0.15) is 82.8 Å². The molecule has 10 amide bonds. The number of rotatable bonds is 31. The van der Waals surface area contributed by atoms with E-state index in [1.54, 1.807) is 22.9 Å². The van der Waals surface area contributed by atoms with Crippen molar-refractivity contribution in [2.45, 2.75) is 108 Å². The van der Waals surface area contributed by atoms with Gasteiger partial charge in [0.25, 0.3) is 0 Å². The number of hydrogen-bond donors (Lipinski definition) is 11. The molecule has 4 aromatic rings. The smallest absolute Gasteiger partial charge is 0.321 e. The first-order valence-corrected chi connectivity index (χ1v) is 28.0. The number of amides is 10. The van der Waals surface area contributed by atoms with Crippen molar-refractivity contribution < 1.29 is 66.9 Å². The van der Waals surface area contributed by atoms with Gasteiger partial charge in [-0.05, 0) is 73.1 Å². The Morgan fingerprint density at radius 1 is 0.833 bits per heavy atom. The minimum atomic E-state index is -1.23. The summed E-state index contributed by atoms with van der Waals surface area (Å²) in [6.45, 7) is 5.79. The van der Waals surface area contributed by atoms with E-state index in [1.807, 2.05) is 51.1 Å². The van der Waals surface area contributed by atoms with Crippen molar-refractivity contribution in [2.75, 3.05) is 50.4 Å². The van der Waals surface area contributed by atoms with Crippen LogP contribution in [0.2, 0.25) is 0 Å². The lowest BCUT2D eigenvalue weighted by molar-refractivity contribution is -0.140. The van der Waals surface area contributed by atoms with Crippen LogP contribution in [0.4, 0.5) is 19.3 Å². The molecule has 25 nitrogen and oxygen atoms in total. The van der Waals surface area contributed by atoms with E-state index in [-0.39, 0.29) is 94.8 Å². The predicted molar refractivity (Wildman–Crippen MR) is 306 cm³/mol. The van der Waals surface area contributed by atoms with E-state index in [0.29, 0.717) is 17.1 Å². The van der Waals surface area contributed by atoms with Crippen molar-refractivity contribution in [3.05, 3.63) is 108 Å². The standard InChI is InChI=1S/C56H73F2N13O12S/c1-32(50(77)68-41(11-8-20-64-55(61)83)52(79)66-36-15-12-33(13-16-36)25-45(74)62-22-24-71-46(75)27-43(53(71)80)84-31-40(60)54(81)82)65-44(73)18-21-63-51(78)39(59)19-23-70(47(76)30-72)48(56(2,3)4)49-67-42(37-26-35(57)14-17-38(37)58)29-69(49)28-34-9-6-5-7-10-34/h5-7,9-10,12-17,26,29,32,39-41,43,48,72H,8,11,18-25,27-28,30-31,59-60H2,1-4H3,(H,62,74)(H,63,78)(H,65,73)(H,66,79)(H,68,77)(H,81,82)(H3,61,64,83)/t32-,39-,40-,41-,43?,48-/m0/s1. The summed E-state index contributed by atoms with van der Waals surface area (Å²) in [6, 6.07) is 12.0. The van der Waals surface area contributed by atoms with Crippen LogP contribution in [0.5, 0.6) is 0 Å². The predicted octanol–water partition coefficient (Wildman–Crippen LogP) is 1.02. The molecule has 0 radical (unpaired) electrons. The van der Waals surface area contributed by atoms with Crippen LogP contribution in [0.3, 0.4) is 0 Å². The first-order chi connectivity index (χ1) is 39.7. The number of carboxylic acids is 1. The summed E-state index contributed by atoms with van der Waals surface area (Å²) in [5, 5.41) is 33.9. The number of benzene rings is 3. The maximum atomic E-state index is 15.1. The minimum absolute atomic E-state index is 0.0240. The number of carboxylic acid groups (broad SMARTS) is 1. The maximum absolute atomic E-state index is 15.1. The number of imide groups is 1. The van der Waals surface area contributed by atoms with E-state index in [4.69, 9.17) is 27.3 Å². The van der Waals surface area contributed by atoms with Gasteiger partial charge in [0.1, 0.15) is 42.2 Å². The number of hydrogen-bond acceptors (Lipinski definition) is 15. The fourth-order valence-corrected chi connectivity index (χ4v) is 10.1. The molecule has 1 saturated heterocycles. The lowest BCUT2D eigenvalue weighted by Crippen LogP contribution is -2.52. The fourth-order valence-electron chi connectivity index (χ4n) is 8.96. The van der Waals surface area contributed by atoms with E-state index >= 15 is 4.39 Å². The molecular weight excluding hydrogens is 1120 g/mol. The van der Waals surface area contributed by atoms with Crippen LogP contribution in [0.25, 0.3) is 11.3 Å². The second kappa shape index (κ2) is 31.4. The highest BCUT2D eigenvalue weighted by atomic mass is 32.2. The van der Waals surface area contributed by atoms with Gasteiger partial charge < -0.3 is 68.8 Å². The maximum Gasteiger partial charge on any atom is 0.321 e. The van der Waals surface area contributed by atoms with Crippen LogP contribution in [0.15, 0.2) is 79.0 Å². The molecule has 14 N–H and O–H groups in total. The number of urea groups is 1. The topological polar surface area (TPSA) is 386 Å². The van der Waals surface area contributed by atoms with Crippen molar-refractivity contribution >= 4 is 76.7 Å². The SMILES string of the molecule is C[C@H](NC(=O)CCNC(=O)[C@@H](N)CCN(C(=O)CO)[C@@H](c1nc(-c2cc(F)ccc2F)cn1Cc1ccccc1)C(C)(C)C)C(=O)N[C@@H](CCCNC(N)=O)C(=O)Nc1ccc(CC(=O)NCCN2C(=O)CC(SC[C@H](N)C(=O)O)C2=O)cc1. The van der Waals surface area contributed by atoms with E-state index in [1.165, 1.54) is 24.0 Å². The Balaban J connectivity index is 1.12. The number of nitrogens with zero attached hydrogens (tertiary/aromatic N) is 4. The highest BCUT2D eigenvalue weighted by Crippen LogP contribution is 2.40. The summed E-state index contributed by atoms with van der Waals surface area (Å²) >= 11 is 0.985. The first kappa shape index (κ1) is 66.5. The largest absolute Gasteiger partial charge is 0.480 e. The van der Waals surface area contributed by atoms with E-state index in [2.05, 4.69) is 31.9 Å². The highest BCUT2D eigenvalue weighted by molar-refractivity contribution is 8.00. The van der Waals surface area contributed by atoms with Crippen LogP contribution < -0.4 is 49.1 Å². The number of aromatic nitrogens is 2. The van der Waals surface area contributed by atoms with Gasteiger partial charge in [-0.25, -0.2) is 18.6 Å². The second-order valence-corrected chi connectivity index (χ2v) is 22.3. The van der Waals surface area contributed by atoms with Gasteiger partial charge in [-0.15, -0.1) is 11.8 Å². The third kappa shape index (κ3) is 19.9. The molecule has 1 aliphatic heterocycles. The number of thioether (sulfide) groups is 1. The van der Waals surface area contributed by atoms with Gasteiger partial charge in [-0.1, -0.05) is 63.2 Å². The molecule has 28 heteroatoms. The van der Waals surface area contributed by atoms with Gasteiger partial charge in [0.2, 0.25) is 47.3 Å². The van der Waals surface area contributed by atoms with E-state index in [0.717, 1.165) is 40.4 Å². The molecule has 5 rings (SSSR count). The van der Waals surface area contributed by atoms with Crippen LogP contribution >= 0.6 is 11.8 Å². The van der Waals surface area contributed by atoms with Gasteiger partial charge in [0.05, 0.1) is 29.4 Å². The van der Waals surface area contributed by atoms with E-state index < -0.39 is 118 Å². The molecule has 1 unspecified atom stereocenters. The third-order valence-electron chi connectivity index (χ3n) is 13.3. The molecule has 84 heavy (non-hydrogen) atoms. The molecule has 1 aromatic heterocycles. The number of anilines is 1. The summed E-state index contributed by atoms with van der Waals surface area (Å²) in [5.41, 5.74) is 17.9. The number of aliphatic hydroxyl groups is 1. The lowest BCUT2D eigenvalue weighted by Gasteiger charge is -2.40. The monoisotopic (exact) mass is 1190 g/mol. The number of primary amides is 1. The van der Waals surface area contributed by atoms with Gasteiger partial charge in [-0.2, -0.15) is 0 Å². The third-order valence-corrected chi connectivity index (χ3v) is 14.6. The molecule has 1 fully saturated rings. The summed E-state index contributed by atoms with van der Waals surface area (Å²) in [7, 11) is 0. The summed E-state index contributed by atoms with van der Waals surface area (Å²) in [6.07, 6.45) is 1.17. The Morgan fingerprint density at radius 3 is 2.19 bits per heavy atom. The number of nitrogens with two attached hydrogens (primary N) is 3. The van der Waals surface area contributed by atoms with Crippen molar-refractivity contribution in [2.24, 2.45) is 22.6 Å². The zero-order valence-corrected chi connectivity index (χ0v) is 47.8. The highest BCUT2D eigenvalue weighted by Gasteiger charge is 2.40. The average Bonchev–Trinajstić information content (AvgIpc) is 3.71. The van der Waals surface area contributed by atoms with Crippen molar-refractivity contribution in [1.29, 1.82) is 0 Å². The van der Waals surface area contributed by atoms with Crippen LogP contribution in [-0.2, 0) is 56.1 Å². The molecule has 6 atom stereocenters. The number of carbonyl (C=O) groups is 10. The average molecular weight is 1190 g/mol. The molecule has 0 bridgehead atoms. The number of aliphatic hydroxyl groups excluding tert-OH is 1. The molecule has 3 aromatic carbocycles. The van der Waals surface area contributed by atoms with Crippen LogP contribution in [0, 0.1) is 17.0 Å². The molecule has 1 aliphatic rings. The Morgan fingerprint density at radius 2 is 1.54 bits per heavy atom. The van der Waals surface area contributed by atoms with Crippen LogP contribution in [-0.4, -0.2) is 163 Å². The molecule has 454 valence electrons. The van der Waals surface area contributed by atoms with Gasteiger partial charge in [-0.3, -0.25) is 48.1 Å².